The lowest BCUT2D eigenvalue weighted by atomic mass is 9.80. The number of aliphatic hydroxyl groups excluding tert-OH is 1. The summed E-state index contributed by atoms with van der Waals surface area (Å²) in [4.78, 5) is 58.2. The average Bonchev–Trinajstić information content (AvgIpc) is 1.76. The summed E-state index contributed by atoms with van der Waals surface area (Å²) >= 11 is 0. The normalized spacial score (nSPS) is 22.6. The summed E-state index contributed by atoms with van der Waals surface area (Å²) in [6.45, 7) is 24.2. The lowest BCUT2D eigenvalue weighted by molar-refractivity contribution is 0.151. The van der Waals surface area contributed by atoms with E-state index in [0.29, 0.717) is 44.7 Å². The van der Waals surface area contributed by atoms with Gasteiger partial charge in [-0.1, -0.05) is 6.08 Å². The molecule has 9 aromatic heterocycles. The molecule has 9 aromatic rings. The van der Waals surface area contributed by atoms with Gasteiger partial charge in [-0.15, -0.1) is 0 Å². The van der Waals surface area contributed by atoms with E-state index in [9.17, 15) is 25.3 Å². The van der Waals surface area contributed by atoms with E-state index in [1.807, 2.05) is 84.8 Å². The molecule has 2 fully saturated rings. The van der Waals surface area contributed by atoms with E-state index in [2.05, 4.69) is 122 Å². The molecule has 28 heteroatoms. The molecule has 6 aliphatic heterocycles. The summed E-state index contributed by atoms with van der Waals surface area (Å²) in [6.07, 6.45) is 28.4. The van der Waals surface area contributed by atoms with Crippen molar-refractivity contribution in [2.75, 3.05) is 59.7 Å². The molecule has 0 spiro atoms. The van der Waals surface area contributed by atoms with Crippen molar-refractivity contribution in [2.45, 2.75) is 187 Å². The number of hydrogen-bond donors (Lipinski definition) is 4. The monoisotopic (exact) mass is 1410 g/mol. The van der Waals surface area contributed by atoms with Crippen molar-refractivity contribution < 1.29 is 30.4 Å². The second-order valence-corrected chi connectivity index (χ2v) is 35.0. The molecule has 0 aromatic carbocycles. The van der Waals surface area contributed by atoms with Crippen LogP contribution < -0.4 is 14.7 Å². The van der Waals surface area contributed by atoms with Crippen LogP contribution >= 0.6 is 0 Å². The van der Waals surface area contributed by atoms with Crippen LogP contribution in [0.15, 0.2) is 98.6 Å². The fourth-order valence-corrected chi connectivity index (χ4v) is 20.5. The van der Waals surface area contributed by atoms with Crippen molar-refractivity contribution >= 4 is 85.8 Å². The molecule has 0 saturated carbocycles. The van der Waals surface area contributed by atoms with Crippen molar-refractivity contribution in [3.63, 3.8) is 0 Å². The number of rotatable bonds is 9. The molecule has 4 N–H and O–H groups in total. The number of aliphatic hydroxyl groups is 1. The first-order valence-corrected chi connectivity index (χ1v) is 39.7. The van der Waals surface area contributed by atoms with Gasteiger partial charge in [-0.25, -0.2) is 70.1 Å². The number of aromatic nitrogens is 12. The Balaban J connectivity index is 0.000000138. The van der Waals surface area contributed by atoms with Crippen LogP contribution in [0.1, 0.15) is 164 Å². The highest BCUT2D eigenvalue weighted by Crippen LogP contribution is 2.45. The second kappa shape index (κ2) is 27.6. The van der Waals surface area contributed by atoms with Crippen LogP contribution in [0.2, 0.25) is 0 Å². The maximum absolute atomic E-state index is 12.3. The van der Waals surface area contributed by atoms with E-state index in [1.54, 1.807) is 38.8 Å². The summed E-state index contributed by atoms with van der Waals surface area (Å²) in [5, 5.41) is 10.9. The summed E-state index contributed by atoms with van der Waals surface area (Å²) in [6, 6.07) is 13.3. The number of nitrogens with one attached hydrogen (secondary N) is 3. The quantitative estimate of drug-likeness (QED) is 0.104. The third-order valence-electron chi connectivity index (χ3n) is 20.7. The number of anilines is 3. The predicted molar refractivity (Wildman–Crippen MR) is 389 cm³/mol. The molecule has 5 atom stereocenters. The highest BCUT2D eigenvalue weighted by Gasteiger charge is 2.45. The first-order valence-electron chi connectivity index (χ1n) is 34.1. The zero-order valence-corrected chi connectivity index (χ0v) is 61.5. The molecule has 0 bridgehead atoms. The van der Waals surface area contributed by atoms with Gasteiger partial charge in [0.1, 0.15) is 35.9 Å². The Morgan fingerprint density at radius 1 is 0.485 bits per heavy atom. The SMILES string of the molecule is CCO.C[C@@H]1Cc2ncnc(C3=CCN(S(C)(=O)=O)C(C)(C)C3)c2CN1c1ccnc2[nH]ccc12.C[C@@H]1Cc2ncnc([C@@H]3CCN(S(C)(=O)=O)C(C)(C)C3)c2CN1c1ccnc2[nH]ccc12.C[C@@H]1Cc2ncnc([C@H]3CCN(S(C)(=O)=O)C(C)(C)C3)c2CN1c1ccnc2[nH]ccc12. The van der Waals surface area contributed by atoms with Crippen LogP contribution in [0.5, 0.6) is 0 Å². The number of pyridine rings is 3. The lowest BCUT2D eigenvalue weighted by Gasteiger charge is -2.44. The minimum atomic E-state index is -3.28. The molecular weight excluding hydrogens is 1310 g/mol. The molecule has 6 aliphatic rings. The number of H-pyrrole nitrogens is 3. The maximum Gasteiger partial charge on any atom is 0.211 e. The Hall–Kier alpha value is -7.86. The number of nitrogens with zero attached hydrogens (tertiary/aromatic N) is 15. The van der Waals surface area contributed by atoms with Gasteiger partial charge < -0.3 is 34.8 Å². The smallest absolute Gasteiger partial charge is 0.211 e. The van der Waals surface area contributed by atoms with Gasteiger partial charge in [-0.2, -0.15) is 12.9 Å². The molecular formula is C71H94N18O7S3. The van der Waals surface area contributed by atoms with Crippen molar-refractivity contribution in [1.29, 1.82) is 0 Å². The number of hydrogen-bond acceptors (Lipinski definition) is 19. The van der Waals surface area contributed by atoms with Gasteiger partial charge in [-0.05, 0) is 143 Å². The van der Waals surface area contributed by atoms with Crippen LogP contribution in [-0.4, -0.2) is 183 Å². The summed E-state index contributed by atoms with van der Waals surface area (Å²) < 4.78 is 78.5. The first-order chi connectivity index (χ1) is 46.9. The molecule has 15 rings (SSSR count). The van der Waals surface area contributed by atoms with Crippen LogP contribution in [0.4, 0.5) is 17.1 Å². The van der Waals surface area contributed by atoms with Crippen LogP contribution in [0.3, 0.4) is 0 Å². The van der Waals surface area contributed by atoms with Crippen molar-refractivity contribution in [3.8, 4) is 0 Å². The summed E-state index contributed by atoms with van der Waals surface area (Å²) in [5.74, 6) is 0.416. The average molecular weight is 1410 g/mol. The molecule has 2 saturated heterocycles. The molecule has 0 amide bonds. The minimum Gasteiger partial charge on any atom is -0.397 e. The van der Waals surface area contributed by atoms with Crippen LogP contribution in [0, 0.1) is 0 Å². The van der Waals surface area contributed by atoms with Gasteiger partial charge in [0.05, 0.1) is 52.9 Å². The highest BCUT2D eigenvalue weighted by molar-refractivity contribution is 7.88. The maximum atomic E-state index is 12.3. The third kappa shape index (κ3) is 14.4. The van der Waals surface area contributed by atoms with E-state index >= 15 is 0 Å². The van der Waals surface area contributed by atoms with Crippen LogP contribution in [-0.2, 0) is 69.0 Å². The van der Waals surface area contributed by atoms with Gasteiger partial charge in [-0.3, -0.25) is 0 Å². The Labute approximate surface area is 581 Å². The fourth-order valence-electron chi connectivity index (χ4n) is 16.4. The van der Waals surface area contributed by atoms with Crippen LogP contribution in [0.25, 0.3) is 38.7 Å². The lowest BCUT2D eigenvalue weighted by Crippen LogP contribution is -2.52. The minimum absolute atomic E-state index is 0.208. The summed E-state index contributed by atoms with van der Waals surface area (Å²) in [5.41, 5.74) is 15.7. The van der Waals surface area contributed by atoms with Gasteiger partial charge in [0.2, 0.25) is 30.1 Å². The fraction of sp³-hybridized carbons (Fsp3) is 0.507. The Kier molecular flexibility index (Phi) is 19.8. The Bertz CT molecular complexity index is 4640. The van der Waals surface area contributed by atoms with E-state index in [1.165, 1.54) is 29.9 Å². The summed E-state index contributed by atoms with van der Waals surface area (Å²) in [7, 11) is -9.77. The van der Waals surface area contributed by atoms with E-state index in [-0.39, 0.29) is 24.5 Å². The largest absolute Gasteiger partial charge is 0.397 e. The standard InChI is InChI=1S/2C23H30N6O2S.C23H28N6O2S.C2H6O/c3*1-15-11-19-18(13-28(15)20-6-9-25-22-17(20)5-8-24-22)21(27-14-26-19)16-7-10-29(32(4,30)31)23(2,3)12-16;1-2-3/h2*5-6,8-9,14-16H,7,10-13H2,1-4H3,(H,24,25);5-9,14-15H,10-13H2,1-4H3,(H,24,25);3H,2H2,1H3/t15-,16+;15-,16-;15-;/m111./s1. The number of aromatic amines is 3. The molecule has 0 radical (unpaired) electrons. The van der Waals surface area contributed by atoms with E-state index in [0.717, 1.165) is 153 Å². The van der Waals surface area contributed by atoms with Gasteiger partial charge in [0.15, 0.2) is 0 Å². The van der Waals surface area contributed by atoms with Crippen molar-refractivity contribution in [3.05, 3.63) is 149 Å². The molecule has 25 nitrogen and oxygen atoms in total. The van der Waals surface area contributed by atoms with E-state index in [4.69, 9.17) is 15.1 Å². The molecule has 15 heterocycles. The highest BCUT2D eigenvalue weighted by atomic mass is 32.2. The van der Waals surface area contributed by atoms with Crippen molar-refractivity contribution in [1.82, 2.24) is 72.7 Å². The number of sulfonamides is 3. The zero-order chi connectivity index (χ0) is 70.7. The molecule has 0 aliphatic carbocycles. The predicted octanol–water partition coefficient (Wildman–Crippen LogP) is 9.57. The first kappa shape index (κ1) is 71.0. The zero-order valence-electron chi connectivity index (χ0n) is 59.1. The molecule has 0 unspecified atom stereocenters. The Morgan fingerprint density at radius 2 is 0.838 bits per heavy atom. The van der Waals surface area contributed by atoms with Gasteiger partial charge in [0, 0.05) is 199 Å². The number of piperidine rings is 2. The van der Waals surface area contributed by atoms with E-state index < -0.39 is 46.7 Å². The van der Waals surface area contributed by atoms with Gasteiger partial charge >= 0.3 is 0 Å². The van der Waals surface area contributed by atoms with Gasteiger partial charge in [0.25, 0.3) is 0 Å². The molecule has 528 valence electrons. The Morgan fingerprint density at radius 3 is 1.19 bits per heavy atom. The topological polar surface area (TPSA) is 305 Å². The third-order valence-corrected chi connectivity index (χ3v) is 25.1. The molecule has 99 heavy (non-hydrogen) atoms. The number of fused-ring (bicyclic) bond motifs is 6. The van der Waals surface area contributed by atoms with Crippen molar-refractivity contribution in [2.24, 2.45) is 0 Å². The second-order valence-electron chi connectivity index (χ2n) is 29.3.